The Kier molecular flexibility index (Phi) is 3.58. The Hall–Kier alpha value is -3.39. The maximum Gasteiger partial charge on any atom is 0.231 e. The van der Waals surface area contributed by atoms with Gasteiger partial charge in [0.1, 0.15) is 17.4 Å². The van der Waals surface area contributed by atoms with Gasteiger partial charge in [0, 0.05) is 17.5 Å². The van der Waals surface area contributed by atoms with Crippen LogP contribution >= 0.6 is 0 Å². The molecule has 4 rings (SSSR count). The second kappa shape index (κ2) is 5.91. The molecule has 0 aromatic heterocycles. The summed E-state index contributed by atoms with van der Waals surface area (Å²) in [5, 5.41) is 9.53. The summed E-state index contributed by atoms with van der Waals surface area (Å²) >= 11 is 0. The van der Waals surface area contributed by atoms with E-state index < -0.39 is 0 Å². The number of allylic oxidation sites excluding steroid dienone is 2. The average molecular weight is 332 g/mol. The number of nitrogens with zero attached hydrogens (tertiary/aromatic N) is 1. The molecule has 1 atom stereocenters. The first-order valence-electron chi connectivity index (χ1n) is 7.91. The minimum atomic E-state index is -0.301. The molecule has 0 unspecified atom stereocenters. The second-order valence-corrected chi connectivity index (χ2v) is 5.98. The Balaban J connectivity index is 1.77. The van der Waals surface area contributed by atoms with Gasteiger partial charge in [0.25, 0.3) is 0 Å². The van der Waals surface area contributed by atoms with Crippen LogP contribution in [0.25, 0.3) is 6.08 Å². The molecule has 5 nitrogen and oxygen atoms in total. The molecular formula is C20H16N2O3. The quantitative estimate of drug-likeness (QED) is 0.909. The summed E-state index contributed by atoms with van der Waals surface area (Å²) in [6, 6.07) is 13.9. The van der Waals surface area contributed by atoms with Crippen molar-refractivity contribution in [1.29, 1.82) is 5.26 Å². The molecule has 2 aromatic carbocycles. The molecular weight excluding hydrogens is 316 g/mol. The zero-order valence-corrected chi connectivity index (χ0v) is 13.7. The molecule has 2 aliphatic rings. The highest BCUT2D eigenvalue weighted by Crippen LogP contribution is 2.46. The van der Waals surface area contributed by atoms with E-state index in [9.17, 15) is 5.26 Å². The van der Waals surface area contributed by atoms with E-state index >= 15 is 0 Å². The minimum Gasteiger partial charge on any atom is -0.454 e. The molecule has 0 fully saturated rings. The minimum absolute atomic E-state index is 0.118. The molecule has 2 aromatic rings. The number of fused-ring (bicyclic) bond motifs is 2. The third-order valence-corrected chi connectivity index (χ3v) is 4.32. The standard InChI is InChI=1S/C20H16N2O3/c1-12-2-4-13(5-3-12)6-7-14-15-8-18-19(24-11-23-18)9-17(15)25-20(22)16(14)10-21/h2-9,14H,11,22H2,1H3/b7-6+/t14-/m0/s1. The Bertz CT molecular complexity index is 937. The molecule has 0 spiro atoms. The van der Waals surface area contributed by atoms with E-state index in [1.165, 1.54) is 5.56 Å². The van der Waals surface area contributed by atoms with Gasteiger partial charge in [-0.25, -0.2) is 0 Å². The Morgan fingerprint density at radius 2 is 1.84 bits per heavy atom. The van der Waals surface area contributed by atoms with Gasteiger partial charge in [0.05, 0.1) is 0 Å². The first-order chi connectivity index (χ1) is 12.2. The van der Waals surface area contributed by atoms with Gasteiger partial charge < -0.3 is 19.9 Å². The Labute approximate surface area is 145 Å². The summed E-state index contributed by atoms with van der Waals surface area (Å²) in [4.78, 5) is 0. The van der Waals surface area contributed by atoms with Crippen LogP contribution in [0.4, 0.5) is 0 Å². The van der Waals surface area contributed by atoms with Gasteiger partial charge in [-0.1, -0.05) is 42.0 Å². The van der Waals surface area contributed by atoms with Crippen molar-refractivity contribution in [3.63, 3.8) is 0 Å². The monoisotopic (exact) mass is 332 g/mol. The molecule has 2 N–H and O–H groups in total. The summed E-state index contributed by atoms with van der Waals surface area (Å²) in [6.07, 6.45) is 3.94. The van der Waals surface area contributed by atoms with Crippen LogP contribution in [-0.4, -0.2) is 6.79 Å². The fourth-order valence-corrected chi connectivity index (χ4v) is 2.96. The lowest BCUT2D eigenvalue weighted by Gasteiger charge is -2.24. The number of hydrogen-bond donors (Lipinski definition) is 1. The van der Waals surface area contributed by atoms with Crippen LogP contribution in [0.1, 0.15) is 22.6 Å². The molecule has 25 heavy (non-hydrogen) atoms. The zero-order chi connectivity index (χ0) is 17.4. The summed E-state index contributed by atoms with van der Waals surface area (Å²) in [5.41, 5.74) is 9.42. The van der Waals surface area contributed by atoms with Gasteiger partial charge in [-0.05, 0) is 18.6 Å². The van der Waals surface area contributed by atoms with Crippen molar-refractivity contribution < 1.29 is 14.2 Å². The number of ether oxygens (including phenoxy) is 3. The molecule has 0 saturated heterocycles. The molecule has 0 aliphatic carbocycles. The van der Waals surface area contributed by atoms with Crippen molar-refractivity contribution in [2.24, 2.45) is 5.73 Å². The summed E-state index contributed by atoms with van der Waals surface area (Å²) in [7, 11) is 0. The summed E-state index contributed by atoms with van der Waals surface area (Å²) in [6.45, 7) is 2.22. The van der Waals surface area contributed by atoms with Crippen molar-refractivity contribution in [3.8, 4) is 23.3 Å². The third-order valence-electron chi connectivity index (χ3n) is 4.32. The fourth-order valence-electron chi connectivity index (χ4n) is 2.96. The summed E-state index contributed by atoms with van der Waals surface area (Å²) in [5.74, 6) is 1.67. The first kappa shape index (κ1) is 15.2. The van der Waals surface area contributed by atoms with Crippen molar-refractivity contribution in [2.75, 3.05) is 6.79 Å². The van der Waals surface area contributed by atoms with E-state index in [1.807, 2.05) is 49.4 Å². The molecule has 0 bridgehead atoms. The highest BCUT2D eigenvalue weighted by atomic mass is 16.7. The lowest BCUT2D eigenvalue weighted by molar-refractivity contribution is 0.174. The van der Waals surface area contributed by atoms with Gasteiger partial charge in [-0.2, -0.15) is 5.26 Å². The van der Waals surface area contributed by atoms with E-state index in [-0.39, 0.29) is 18.6 Å². The molecule has 124 valence electrons. The van der Waals surface area contributed by atoms with E-state index in [0.29, 0.717) is 22.8 Å². The van der Waals surface area contributed by atoms with Gasteiger partial charge >= 0.3 is 0 Å². The van der Waals surface area contributed by atoms with Crippen LogP contribution in [0.2, 0.25) is 0 Å². The van der Waals surface area contributed by atoms with Crippen LogP contribution in [0.3, 0.4) is 0 Å². The molecule has 5 heteroatoms. The highest BCUT2D eigenvalue weighted by Gasteiger charge is 2.30. The Morgan fingerprint density at radius 3 is 2.56 bits per heavy atom. The molecule has 0 amide bonds. The van der Waals surface area contributed by atoms with Crippen molar-refractivity contribution in [3.05, 3.63) is 70.6 Å². The largest absolute Gasteiger partial charge is 0.454 e. The number of benzene rings is 2. The zero-order valence-electron chi connectivity index (χ0n) is 13.7. The topological polar surface area (TPSA) is 77.5 Å². The second-order valence-electron chi connectivity index (χ2n) is 5.98. The smallest absolute Gasteiger partial charge is 0.231 e. The maximum atomic E-state index is 9.53. The van der Waals surface area contributed by atoms with E-state index in [4.69, 9.17) is 19.9 Å². The van der Waals surface area contributed by atoms with Crippen molar-refractivity contribution in [1.82, 2.24) is 0 Å². The van der Waals surface area contributed by atoms with Gasteiger partial charge in [-0.3, -0.25) is 0 Å². The lowest BCUT2D eigenvalue weighted by Crippen LogP contribution is -2.19. The number of aryl methyl sites for hydroxylation is 1. The lowest BCUT2D eigenvalue weighted by atomic mass is 9.88. The molecule has 0 radical (unpaired) electrons. The van der Waals surface area contributed by atoms with E-state index in [0.717, 1.165) is 11.1 Å². The molecule has 2 heterocycles. The predicted molar refractivity (Wildman–Crippen MR) is 93.0 cm³/mol. The SMILES string of the molecule is Cc1ccc(/C=C/[C@@H]2C(C#N)=C(N)Oc3cc4c(cc32)OCO4)cc1. The first-order valence-corrected chi connectivity index (χ1v) is 7.91. The maximum absolute atomic E-state index is 9.53. The molecule has 2 aliphatic heterocycles. The average Bonchev–Trinajstić information content (AvgIpc) is 3.06. The van der Waals surface area contributed by atoms with Gasteiger partial charge in [0.15, 0.2) is 11.5 Å². The van der Waals surface area contributed by atoms with E-state index in [1.54, 1.807) is 6.07 Å². The van der Waals surface area contributed by atoms with Gasteiger partial charge in [0.2, 0.25) is 12.7 Å². The Morgan fingerprint density at radius 1 is 1.12 bits per heavy atom. The van der Waals surface area contributed by atoms with Gasteiger partial charge in [-0.15, -0.1) is 0 Å². The number of rotatable bonds is 2. The molecule has 0 saturated carbocycles. The van der Waals surface area contributed by atoms with Crippen molar-refractivity contribution in [2.45, 2.75) is 12.8 Å². The fraction of sp³-hybridized carbons (Fsp3) is 0.150. The number of nitrogens with two attached hydrogens (primary N) is 1. The number of nitriles is 1. The van der Waals surface area contributed by atoms with Crippen molar-refractivity contribution >= 4 is 6.08 Å². The third kappa shape index (κ3) is 2.68. The highest BCUT2D eigenvalue weighted by molar-refractivity contribution is 5.62. The van der Waals surface area contributed by atoms with Crippen LogP contribution in [0.5, 0.6) is 17.2 Å². The van der Waals surface area contributed by atoms with E-state index in [2.05, 4.69) is 6.07 Å². The summed E-state index contributed by atoms with van der Waals surface area (Å²) < 4.78 is 16.5. The normalized spacial score (nSPS) is 18.0. The van der Waals surface area contributed by atoms with Crippen LogP contribution < -0.4 is 19.9 Å². The van der Waals surface area contributed by atoms with Crippen LogP contribution in [-0.2, 0) is 0 Å². The number of hydrogen-bond acceptors (Lipinski definition) is 5. The van der Waals surface area contributed by atoms with Crippen LogP contribution in [0.15, 0.2) is 53.9 Å². The van der Waals surface area contributed by atoms with Crippen LogP contribution in [0, 0.1) is 18.3 Å². The predicted octanol–water partition coefficient (Wildman–Crippen LogP) is 3.61.